The van der Waals surface area contributed by atoms with E-state index >= 15 is 0 Å². The van der Waals surface area contributed by atoms with Crippen LogP contribution in [0.1, 0.15) is 18.7 Å². The van der Waals surface area contributed by atoms with E-state index in [4.69, 9.17) is 4.42 Å². The van der Waals surface area contributed by atoms with Gasteiger partial charge in [0.2, 0.25) is 17.7 Å². The van der Waals surface area contributed by atoms with Crippen LogP contribution >= 0.6 is 0 Å². The number of rotatable bonds is 5. The molecule has 8 heteroatoms. The second-order valence-corrected chi connectivity index (χ2v) is 5.25. The first-order valence-electron chi connectivity index (χ1n) is 7.58. The Hall–Kier alpha value is -2.22. The van der Waals surface area contributed by atoms with E-state index in [0.717, 1.165) is 44.5 Å². The van der Waals surface area contributed by atoms with Crippen molar-refractivity contribution in [3.8, 4) is 0 Å². The molecule has 2 aromatic rings. The largest absolute Gasteiger partial charge is 0.424 e. The maximum absolute atomic E-state index is 5.43. The Morgan fingerprint density at radius 2 is 2.05 bits per heavy atom. The van der Waals surface area contributed by atoms with E-state index in [1.807, 2.05) is 13.0 Å². The van der Waals surface area contributed by atoms with Crippen molar-refractivity contribution in [2.24, 2.45) is 0 Å². The molecule has 0 aliphatic carbocycles. The molecular weight excluding hydrogens is 282 g/mol. The zero-order valence-electron chi connectivity index (χ0n) is 13.0. The normalized spacial score (nSPS) is 16.0. The van der Waals surface area contributed by atoms with Crippen molar-refractivity contribution in [1.29, 1.82) is 0 Å². The fourth-order valence-corrected chi connectivity index (χ4v) is 2.48. The summed E-state index contributed by atoms with van der Waals surface area (Å²) < 4.78 is 5.43. The van der Waals surface area contributed by atoms with Gasteiger partial charge in [0.15, 0.2) is 0 Å². The molecule has 2 aromatic heterocycles. The minimum Gasteiger partial charge on any atom is -0.424 e. The summed E-state index contributed by atoms with van der Waals surface area (Å²) in [5, 5.41) is 11.1. The predicted octanol–water partition coefficient (Wildman–Crippen LogP) is 0.922. The van der Waals surface area contributed by atoms with E-state index in [2.05, 4.69) is 42.2 Å². The van der Waals surface area contributed by atoms with Crippen LogP contribution in [0.4, 0.5) is 11.8 Å². The van der Waals surface area contributed by atoms with Crippen LogP contribution in [0.5, 0.6) is 0 Å². The Morgan fingerprint density at radius 1 is 1.23 bits per heavy atom. The molecule has 0 amide bonds. The molecule has 0 radical (unpaired) electrons. The number of aromatic nitrogens is 4. The van der Waals surface area contributed by atoms with Crippen LogP contribution in [-0.2, 0) is 6.54 Å². The third-order valence-corrected chi connectivity index (χ3v) is 3.58. The van der Waals surface area contributed by atoms with Gasteiger partial charge in [-0.3, -0.25) is 4.90 Å². The highest BCUT2D eigenvalue weighted by Gasteiger charge is 2.20. The van der Waals surface area contributed by atoms with E-state index in [1.54, 1.807) is 6.20 Å². The smallest absolute Gasteiger partial charge is 0.230 e. The molecule has 0 saturated carbocycles. The van der Waals surface area contributed by atoms with Crippen molar-refractivity contribution < 1.29 is 4.42 Å². The predicted molar refractivity (Wildman–Crippen MR) is 82.7 cm³/mol. The molecule has 0 bridgehead atoms. The zero-order valence-corrected chi connectivity index (χ0v) is 13.0. The Bertz CT molecular complexity index is 607. The number of hydrogen-bond donors (Lipinski definition) is 1. The maximum atomic E-state index is 5.43. The standard InChI is InChI=1S/C14H21N7O/c1-3-15-12-4-5-16-14(17-12)21-8-6-20(7-9-21)10-13-19-18-11(2)22-13/h4-5H,3,6-10H2,1-2H3,(H,15,16,17). The molecule has 1 aliphatic rings. The van der Waals surface area contributed by atoms with Crippen molar-refractivity contribution in [3.63, 3.8) is 0 Å². The van der Waals surface area contributed by atoms with E-state index in [-0.39, 0.29) is 0 Å². The molecule has 3 rings (SSSR count). The summed E-state index contributed by atoms with van der Waals surface area (Å²) in [5.74, 6) is 2.95. The molecule has 1 aliphatic heterocycles. The first kappa shape index (κ1) is 14.7. The lowest BCUT2D eigenvalue weighted by molar-refractivity contribution is 0.224. The average Bonchev–Trinajstić information content (AvgIpc) is 2.94. The molecule has 0 unspecified atom stereocenters. The summed E-state index contributed by atoms with van der Waals surface area (Å²) in [6, 6.07) is 1.89. The van der Waals surface area contributed by atoms with Crippen LogP contribution in [0, 0.1) is 6.92 Å². The first-order valence-corrected chi connectivity index (χ1v) is 7.58. The lowest BCUT2D eigenvalue weighted by Crippen LogP contribution is -2.46. The van der Waals surface area contributed by atoms with Gasteiger partial charge in [-0.15, -0.1) is 10.2 Å². The topological polar surface area (TPSA) is 83.2 Å². The lowest BCUT2D eigenvalue weighted by atomic mass is 10.3. The van der Waals surface area contributed by atoms with Crippen molar-refractivity contribution >= 4 is 11.8 Å². The van der Waals surface area contributed by atoms with Crippen LogP contribution in [0.3, 0.4) is 0 Å². The molecule has 118 valence electrons. The fraction of sp³-hybridized carbons (Fsp3) is 0.571. The van der Waals surface area contributed by atoms with Crippen molar-refractivity contribution in [2.45, 2.75) is 20.4 Å². The molecule has 3 heterocycles. The van der Waals surface area contributed by atoms with Gasteiger partial charge in [-0.05, 0) is 13.0 Å². The second kappa shape index (κ2) is 6.69. The number of hydrogen-bond acceptors (Lipinski definition) is 8. The summed E-state index contributed by atoms with van der Waals surface area (Å²) in [7, 11) is 0. The van der Waals surface area contributed by atoms with Gasteiger partial charge in [0.25, 0.3) is 0 Å². The highest BCUT2D eigenvalue weighted by Crippen LogP contribution is 2.14. The highest BCUT2D eigenvalue weighted by molar-refractivity contribution is 5.41. The SMILES string of the molecule is CCNc1ccnc(N2CCN(Cc3nnc(C)o3)CC2)n1. The van der Waals surface area contributed by atoms with E-state index in [0.29, 0.717) is 18.3 Å². The number of nitrogens with one attached hydrogen (secondary N) is 1. The van der Waals surface area contributed by atoms with Gasteiger partial charge in [-0.2, -0.15) is 4.98 Å². The third-order valence-electron chi connectivity index (χ3n) is 3.58. The minimum absolute atomic E-state index is 0.613. The second-order valence-electron chi connectivity index (χ2n) is 5.25. The van der Waals surface area contributed by atoms with Crippen LogP contribution in [0.2, 0.25) is 0 Å². The van der Waals surface area contributed by atoms with E-state index in [9.17, 15) is 0 Å². The van der Waals surface area contributed by atoms with Gasteiger partial charge in [0, 0.05) is 45.8 Å². The summed E-state index contributed by atoms with van der Waals surface area (Å²) in [5.41, 5.74) is 0. The molecule has 0 aromatic carbocycles. The van der Waals surface area contributed by atoms with Crippen molar-refractivity contribution in [2.75, 3.05) is 42.9 Å². The van der Waals surface area contributed by atoms with Gasteiger partial charge in [0.1, 0.15) is 5.82 Å². The van der Waals surface area contributed by atoms with Crippen LogP contribution in [-0.4, -0.2) is 57.8 Å². The summed E-state index contributed by atoms with van der Waals surface area (Å²) in [4.78, 5) is 13.4. The van der Waals surface area contributed by atoms with Gasteiger partial charge in [0.05, 0.1) is 6.54 Å². The fourth-order valence-electron chi connectivity index (χ4n) is 2.48. The molecule has 1 fully saturated rings. The number of nitrogens with zero attached hydrogens (tertiary/aromatic N) is 6. The molecule has 22 heavy (non-hydrogen) atoms. The zero-order chi connectivity index (χ0) is 15.4. The minimum atomic E-state index is 0.613. The van der Waals surface area contributed by atoms with Crippen LogP contribution in [0.15, 0.2) is 16.7 Å². The van der Waals surface area contributed by atoms with E-state index in [1.165, 1.54) is 0 Å². The van der Waals surface area contributed by atoms with Crippen molar-refractivity contribution in [3.05, 3.63) is 24.0 Å². The molecule has 0 spiro atoms. The third kappa shape index (κ3) is 3.51. The van der Waals surface area contributed by atoms with E-state index < -0.39 is 0 Å². The van der Waals surface area contributed by atoms with Gasteiger partial charge in [-0.1, -0.05) is 0 Å². The molecule has 0 atom stereocenters. The van der Waals surface area contributed by atoms with Gasteiger partial charge >= 0.3 is 0 Å². The molecule has 1 saturated heterocycles. The van der Waals surface area contributed by atoms with Crippen molar-refractivity contribution in [1.82, 2.24) is 25.1 Å². The molecular formula is C14H21N7O. The number of aryl methyl sites for hydroxylation is 1. The van der Waals surface area contributed by atoms with Crippen LogP contribution < -0.4 is 10.2 Å². The Kier molecular flexibility index (Phi) is 4.47. The quantitative estimate of drug-likeness (QED) is 0.873. The Balaban J connectivity index is 1.56. The number of anilines is 2. The molecule has 8 nitrogen and oxygen atoms in total. The summed E-state index contributed by atoms with van der Waals surface area (Å²) in [6.45, 7) is 9.06. The average molecular weight is 303 g/mol. The Morgan fingerprint density at radius 3 is 2.73 bits per heavy atom. The van der Waals surface area contributed by atoms with Crippen LogP contribution in [0.25, 0.3) is 0 Å². The molecule has 1 N–H and O–H groups in total. The maximum Gasteiger partial charge on any atom is 0.230 e. The summed E-state index contributed by atoms with van der Waals surface area (Å²) >= 11 is 0. The Labute approximate surface area is 129 Å². The highest BCUT2D eigenvalue weighted by atomic mass is 16.4. The van der Waals surface area contributed by atoms with Gasteiger partial charge in [-0.25, -0.2) is 4.98 Å². The van der Waals surface area contributed by atoms with Gasteiger partial charge < -0.3 is 14.6 Å². The first-order chi connectivity index (χ1) is 10.7. The lowest BCUT2D eigenvalue weighted by Gasteiger charge is -2.33. The monoisotopic (exact) mass is 303 g/mol. The summed E-state index contributed by atoms with van der Waals surface area (Å²) in [6.07, 6.45) is 1.80. The number of piperazine rings is 1.